The van der Waals surface area contributed by atoms with Crippen LogP contribution in [0.2, 0.25) is 5.02 Å². The van der Waals surface area contributed by atoms with Crippen LogP contribution in [0.4, 0.5) is 4.39 Å². The summed E-state index contributed by atoms with van der Waals surface area (Å²) >= 11 is 7.22. The number of hydrogen-bond donors (Lipinski definition) is 1. The van der Waals surface area contributed by atoms with E-state index >= 15 is 0 Å². The van der Waals surface area contributed by atoms with Gasteiger partial charge in [0.2, 0.25) is 5.91 Å². The third-order valence-electron chi connectivity index (χ3n) is 3.66. The first kappa shape index (κ1) is 17.6. The highest BCUT2D eigenvalue weighted by atomic mass is 35.5. The van der Waals surface area contributed by atoms with Crippen molar-refractivity contribution in [1.82, 2.24) is 5.32 Å². The molecule has 1 unspecified atom stereocenters. The largest absolute Gasteiger partial charge is 0.303 e. The van der Waals surface area contributed by atoms with E-state index in [0.29, 0.717) is 22.3 Å². The van der Waals surface area contributed by atoms with Gasteiger partial charge in [0.1, 0.15) is 5.82 Å². The van der Waals surface area contributed by atoms with Crippen molar-refractivity contribution in [3.63, 3.8) is 0 Å². The zero-order valence-electron chi connectivity index (χ0n) is 13.4. The van der Waals surface area contributed by atoms with Gasteiger partial charge in [0, 0.05) is 5.02 Å². The number of nitrogens with zero attached hydrogens (tertiary/aromatic N) is 2. The second kappa shape index (κ2) is 7.80. The SMILES string of the molecule is C/C(=N\N=C1/NC(=O)C(Cc2ccc(Cl)cc2)S1)c1ccc(F)cc1. The van der Waals surface area contributed by atoms with Crippen molar-refractivity contribution >= 4 is 40.1 Å². The van der Waals surface area contributed by atoms with Crippen LogP contribution in [-0.4, -0.2) is 22.0 Å². The Morgan fingerprint density at radius 1 is 1.20 bits per heavy atom. The lowest BCUT2D eigenvalue weighted by molar-refractivity contribution is -0.118. The van der Waals surface area contributed by atoms with Crippen LogP contribution in [0.15, 0.2) is 58.7 Å². The number of hydrogen-bond acceptors (Lipinski definition) is 4. The standard InChI is InChI=1S/C18H15ClFN3OS/c1-11(13-4-8-15(20)9-5-13)22-23-18-21-17(24)16(25-18)10-12-2-6-14(19)7-3-12/h2-9,16H,10H2,1H3,(H,21,23,24)/b22-11+. The molecule has 1 fully saturated rings. The Hall–Kier alpha value is -2.18. The fraction of sp³-hybridized carbons (Fsp3) is 0.167. The molecule has 1 heterocycles. The van der Waals surface area contributed by atoms with Gasteiger partial charge in [0.25, 0.3) is 0 Å². The molecule has 0 aliphatic carbocycles. The average molecular weight is 376 g/mol. The van der Waals surface area contributed by atoms with Gasteiger partial charge in [-0.1, -0.05) is 47.6 Å². The monoisotopic (exact) mass is 375 g/mol. The quantitative estimate of drug-likeness (QED) is 0.647. The Bertz CT molecular complexity index is 834. The molecule has 1 saturated heterocycles. The zero-order valence-corrected chi connectivity index (χ0v) is 14.9. The molecule has 1 aliphatic rings. The van der Waals surface area contributed by atoms with Crippen LogP contribution in [0.1, 0.15) is 18.1 Å². The third kappa shape index (κ3) is 4.67. The Balaban J connectivity index is 1.66. The molecule has 4 nitrogen and oxygen atoms in total. The van der Waals surface area contributed by atoms with Crippen molar-refractivity contribution in [2.24, 2.45) is 10.2 Å². The predicted molar refractivity (Wildman–Crippen MR) is 101 cm³/mol. The maximum atomic E-state index is 12.9. The van der Waals surface area contributed by atoms with Crippen molar-refractivity contribution < 1.29 is 9.18 Å². The molecule has 2 aromatic rings. The lowest BCUT2D eigenvalue weighted by Crippen LogP contribution is -2.25. The van der Waals surface area contributed by atoms with E-state index in [2.05, 4.69) is 15.5 Å². The molecule has 3 rings (SSSR count). The molecule has 1 atom stereocenters. The van der Waals surface area contributed by atoms with Crippen LogP contribution in [0, 0.1) is 5.82 Å². The van der Waals surface area contributed by atoms with E-state index in [9.17, 15) is 9.18 Å². The highest BCUT2D eigenvalue weighted by Crippen LogP contribution is 2.24. The van der Waals surface area contributed by atoms with Gasteiger partial charge in [0.15, 0.2) is 5.17 Å². The third-order valence-corrected chi connectivity index (χ3v) is 4.99. The molecule has 1 amide bonds. The molecule has 128 valence electrons. The molecule has 1 aliphatic heterocycles. The maximum absolute atomic E-state index is 12.9. The van der Waals surface area contributed by atoms with Crippen LogP contribution >= 0.6 is 23.4 Å². The summed E-state index contributed by atoms with van der Waals surface area (Å²) in [4.78, 5) is 12.1. The van der Waals surface area contributed by atoms with Gasteiger partial charge < -0.3 is 5.32 Å². The summed E-state index contributed by atoms with van der Waals surface area (Å²) in [5.41, 5.74) is 2.45. The second-order valence-corrected chi connectivity index (χ2v) is 7.15. The Labute approximate surface area is 154 Å². The summed E-state index contributed by atoms with van der Waals surface area (Å²) < 4.78 is 12.9. The van der Waals surface area contributed by atoms with Gasteiger partial charge >= 0.3 is 0 Å². The van der Waals surface area contributed by atoms with E-state index in [1.165, 1.54) is 23.9 Å². The number of rotatable bonds is 4. The van der Waals surface area contributed by atoms with Gasteiger partial charge in [-0.3, -0.25) is 4.79 Å². The Morgan fingerprint density at radius 3 is 2.56 bits per heavy atom. The minimum absolute atomic E-state index is 0.0895. The number of amidine groups is 1. The van der Waals surface area contributed by atoms with Crippen molar-refractivity contribution in [2.45, 2.75) is 18.6 Å². The summed E-state index contributed by atoms with van der Waals surface area (Å²) in [6.45, 7) is 1.78. The van der Waals surface area contributed by atoms with Gasteiger partial charge in [0.05, 0.1) is 11.0 Å². The number of halogens is 2. The van der Waals surface area contributed by atoms with E-state index in [1.807, 2.05) is 12.1 Å². The molecule has 0 bridgehead atoms. The molecule has 7 heteroatoms. The summed E-state index contributed by atoms with van der Waals surface area (Å²) in [5.74, 6) is -0.389. The van der Waals surface area contributed by atoms with E-state index in [1.54, 1.807) is 31.2 Å². The smallest absolute Gasteiger partial charge is 0.239 e. The maximum Gasteiger partial charge on any atom is 0.239 e. The highest BCUT2D eigenvalue weighted by Gasteiger charge is 2.30. The molecule has 0 aromatic heterocycles. The second-order valence-electron chi connectivity index (χ2n) is 5.52. The summed E-state index contributed by atoms with van der Waals surface area (Å²) in [7, 11) is 0. The van der Waals surface area contributed by atoms with E-state index in [0.717, 1.165) is 11.1 Å². The van der Waals surface area contributed by atoms with Crippen LogP contribution in [-0.2, 0) is 11.2 Å². The van der Waals surface area contributed by atoms with Crippen LogP contribution in [0.3, 0.4) is 0 Å². The number of thioether (sulfide) groups is 1. The molecule has 1 N–H and O–H groups in total. The van der Waals surface area contributed by atoms with E-state index < -0.39 is 0 Å². The lowest BCUT2D eigenvalue weighted by Gasteiger charge is -2.05. The van der Waals surface area contributed by atoms with Gasteiger partial charge in [-0.05, 0) is 48.7 Å². The molecule has 2 aromatic carbocycles. The minimum atomic E-state index is -0.300. The van der Waals surface area contributed by atoms with Gasteiger partial charge in [-0.2, -0.15) is 5.10 Å². The molecular weight excluding hydrogens is 361 g/mol. The predicted octanol–water partition coefficient (Wildman–Crippen LogP) is 4.03. The van der Waals surface area contributed by atoms with Crippen LogP contribution in [0.5, 0.6) is 0 Å². The number of amides is 1. The van der Waals surface area contributed by atoms with Crippen LogP contribution in [0.25, 0.3) is 0 Å². The minimum Gasteiger partial charge on any atom is -0.303 e. The lowest BCUT2D eigenvalue weighted by atomic mass is 10.1. The molecular formula is C18H15ClFN3OS. The first-order valence-corrected chi connectivity index (χ1v) is 8.87. The Morgan fingerprint density at radius 2 is 1.88 bits per heavy atom. The summed E-state index contributed by atoms with van der Waals surface area (Å²) in [6.07, 6.45) is 0.591. The first-order chi connectivity index (χ1) is 12.0. The van der Waals surface area contributed by atoms with Crippen molar-refractivity contribution in [3.05, 3.63) is 70.5 Å². The fourth-order valence-electron chi connectivity index (χ4n) is 2.29. The summed E-state index contributed by atoms with van der Waals surface area (Å²) in [5, 5.41) is 11.8. The first-order valence-electron chi connectivity index (χ1n) is 7.61. The number of nitrogens with one attached hydrogen (secondary N) is 1. The molecule has 0 spiro atoms. The van der Waals surface area contributed by atoms with Gasteiger partial charge in [-0.15, -0.1) is 5.10 Å². The zero-order chi connectivity index (χ0) is 17.8. The van der Waals surface area contributed by atoms with Crippen LogP contribution < -0.4 is 5.32 Å². The van der Waals surface area contributed by atoms with Crippen molar-refractivity contribution in [2.75, 3.05) is 0 Å². The topological polar surface area (TPSA) is 53.8 Å². The number of carbonyl (C=O) groups is 1. The molecule has 0 saturated carbocycles. The normalized spacial score (nSPS) is 19.3. The summed E-state index contributed by atoms with van der Waals surface area (Å²) in [6, 6.07) is 13.4. The van der Waals surface area contributed by atoms with Gasteiger partial charge in [-0.25, -0.2) is 4.39 Å². The number of benzene rings is 2. The molecule has 0 radical (unpaired) electrons. The van der Waals surface area contributed by atoms with E-state index in [-0.39, 0.29) is 17.0 Å². The fourth-order valence-corrected chi connectivity index (χ4v) is 3.38. The number of carbonyl (C=O) groups excluding carboxylic acids is 1. The van der Waals surface area contributed by atoms with E-state index in [4.69, 9.17) is 11.6 Å². The average Bonchev–Trinajstić information content (AvgIpc) is 2.95. The Kier molecular flexibility index (Phi) is 5.50. The van der Waals surface area contributed by atoms with Crippen molar-refractivity contribution in [1.29, 1.82) is 0 Å². The van der Waals surface area contributed by atoms with Crippen molar-refractivity contribution in [3.8, 4) is 0 Å². The highest BCUT2D eigenvalue weighted by molar-refractivity contribution is 8.15. The molecule has 25 heavy (non-hydrogen) atoms.